The van der Waals surface area contributed by atoms with Gasteiger partial charge in [0.1, 0.15) is 5.69 Å². The van der Waals surface area contributed by atoms with E-state index in [1.54, 1.807) is 34.2 Å². The summed E-state index contributed by atoms with van der Waals surface area (Å²) in [4.78, 5) is 33.3. The van der Waals surface area contributed by atoms with Crippen LogP contribution in [0.25, 0.3) is 0 Å². The molecule has 1 spiro atoms. The zero-order valence-corrected chi connectivity index (χ0v) is 16.7. The topological polar surface area (TPSA) is 85.8 Å². The van der Waals surface area contributed by atoms with E-state index in [9.17, 15) is 14.7 Å². The van der Waals surface area contributed by atoms with E-state index in [0.717, 1.165) is 5.56 Å². The number of aromatic nitrogens is 1. The first-order chi connectivity index (χ1) is 14.0. The highest BCUT2D eigenvalue weighted by Crippen LogP contribution is 2.54. The van der Waals surface area contributed by atoms with Crippen molar-refractivity contribution in [1.82, 2.24) is 20.1 Å². The molecule has 0 aliphatic carbocycles. The van der Waals surface area contributed by atoms with Crippen LogP contribution < -0.4 is 5.32 Å². The van der Waals surface area contributed by atoms with Crippen LogP contribution in [0.5, 0.6) is 0 Å². The quantitative estimate of drug-likeness (QED) is 0.829. The van der Waals surface area contributed by atoms with Crippen molar-refractivity contribution in [2.45, 2.75) is 37.4 Å². The summed E-state index contributed by atoms with van der Waals surface area (Å²) in [6.45, 7) is 4.53. The number of carbonyl (C=O) groups is 2. The van der Waals surface area contributed by atoms with Gasteiger partial charge in [0.25, 0.3) is 5.91 Å². The van der Waals surface area contributed by atoms with E-state index in [0.29, 0.717) is 18.8 Å². The van der Waals surface area contributed by atoms with Gasteiger partial charge in [0.05, 0.1) is 18.2 Å². The third kappa shape index (κ3) is 3.15. The van der Waals surface area contributed by atoms with Gasteiger partial charge >= 0.3 is 6.03 Å². The second-order valence-corrected chi connectivity index (χ2v) is 8.09. The summed E-state index contributed by atoms with van der Waals surface area (Å²) in [7, 11) is 0. The average Bonchev–Trinajstić information content (AvgIpc) is 2.67. The molecule has 2 N–H and O–H groups in total. The summed E-state index contributed by atoms with van der Waals surface area (Å²) in [6.07, 6.45) is 1.60. The van der Waals surface area contributed by atoms with E-state index in [1.807, 2.05) is 44.2 Å². The van der Waals surface area contributed by atoms with E-state index in [1.165, 1.54) is 0 Å². The maximum Gasteiger partial charge on any atom is 0.318 e. The maximum absolute atomic E-state index is 12.9. The number of aliphatic hydroxyl groups is 1. The number of benzene rings is 1. The molecule has 3 amide bonds. The van der Waals surface area contributed by atoms with Gasteiger partial charge in [-0.3, -0.25) is 9.78 Å². The molecule has 2 aliphatic heterocycles. The Balaban J connectivity index is 1.62. The molecule has 0 saturated carbocycles. The minimum absolute atomic E-state index is 0.0130. The van der Waals surface area contributed by atoms with Crippen molar-refractivity contribution in [3.8, 4) is 0 Å². The molecule has 152 valence electrons. The number of hydrogen-bond donors (Lipinski definition) is 2. The molecule has 1 aromatic heterocycles. The second-order valence-electron chi connectivity index (χ2n) is 8.09. The molecule has 7 heteroatoms. The standard InChI is InChI=1S/C22H26N4O3/c1-15(2)24-21(29)26-18(12-27)19(16-8-4-3-5-9-16)22(26)13-25(14-22)20(28)17-10-6-7-11-23-17/h3-11,15,18-19,27H,12-14H2,1-2H3,(H,24,29)/t18-,19+/m0/s1. The van der Waals surface area contributed by atoms with Crippen molar-refractivity contribution in [2.24, 2.45) is 0 Å². The number of hydrogen-bond acceptors (Lipinski definition) is 4. The van der Waals surface area contributed by atoms with E-state index in [-0.39, 0.29) is 36.5 Å². The fraction of sp³-hybridized carbons (Fsp3) is 0.409. The molecule has 2 aliphatic rings. The molecule has 0 unspecified atom stereocenters. The first-order valence-corrected chi connectivity index (χ1v) is 9.94. The molecule has 7 nitrogen and oxygen atoms in total. The van der Waals surface area contributed by atoms with E-state index in [2.05, 4.69) is 10.3 Å². The van der Waals surface area contributed by atoms with Crippen molar-refractivity contribution < 1.29 is 14.7 Å². The van der Waals surface area contributed by atoms with Crippen LogP contribution in [0, 0.1) is 0 Å². The molecule has 3 heterocycles. The van der Waals surface area contributed by atoms with Crippen LogP contribution in [0.15, 0.2) is 54.7 Å². The van der Waals surface area contributed by atoms with E-state index in [4.69, 9.17) is 0 Å². The Morgan fingerprint density at radius 1 is 1.17 bits per heavy atom. The number of rotatable bonds is 4. The van der Waals surface area contributed by atoms with Gasteiger partial charge in [0.2, 0.25) is 0 Å². The zero-order valence-electron chi connectivity index (χ0n) is 16.7. The Morgan fingerprint density at radius 3 is 2.45 bits per heavy atom. The monoisotopic (exact) mass is 394 g/mol. The number of aliphatic hydroxyl groups excluding tert-OH is 1. The van der Waals surface area contributed by atoms with Crippen molar-refractivity contribution in [2.75, 3.05) is 19.7 Å². The highest BCUT2D eigenvalue weighted by molar-refractivity contribution is 5.93. The fourth-order valence-electron chi connectivity index (χ4n) is 4.71. The number of nitrogens with zero attached hydrogens (tertiary/aromatic N) is 3. The van der Waals surface area contributed by atoms with Crippen LogP contribution in [0.2, 0.25) is 0 Å². The first-order valence-electron chi connectivity index (χ1n) is 9.94. The summed E-state index contributed by atoms with van der Waals surface area (Å²) in [5.74, 6) is -0.168. The van der Waals surface area contributed by atoms with Gasteiger partial charge in [-0.2, -0.15) is 0 Å². The van der Waals surface area contributed by atoms with Gasteiger partial charge in [-0.25, -0.2) is 4.79 Å². The van der Waals surface area contributed by atoms with Gasteiger partial charge in [0.15, 0.2) is 0 Å². The van der Waals surface area contributed by atoms with Crippen molar-refractivity contribution in [3.63, 3.8) is 0 Å². The highest BCUT2D eigenvalue weighted by atomic mass is 16.3. The van der Waals surface area contributed by atoms with Crippen LogP contribution in [0.3, 0.4) is 0 Å². The summed E-state index contributed by atoms with van der Waals surface area (Å²) in [5.41, 5.74) is 0.956. The highest BCUT2D eigenvalue weighted by Gasteiger charge is 2.68. The van der Waals surface area contributed by atoms with Crippen LogP contribution in [-0.4, -0.2) is 69.1 Å². The Kier molecular flexibility index (Phi) is 5.00. The molecular formula is C22H26N4O3. The third-order valence-electron chi connectivity index (χ3n) is 5.85. The molecule has 4 rings (SSSR count). The van der Waals surface area contributed by atoms with Crippen molar-refractivity contribution in [1.29, 1.82) is 0 Å². The lowest BCUT2D eigenvalue weighted by Gasteiger charge is -2.70. The third-order valence-corrected chi connectivity index (χ3v) is 5.85. The molecule has 2 saturated heterocycles. The summed E-state index contributed by atoms with van der Waals surface area (Å²) in [6, 6.07) is 14.7. The SMILES string of the molecule is CC(C)NC(=O)N1[C@@H](CO)[C@@H](c2ccccc2)C12CN(C(=O)c1ccccn1)C2. The Hall–Kier alpha value is -2.93. The Bertz CT molecular complexity index is 881. The smallest absolute Gasteiger partial charge is 0.318 e. The lowest BCUT2D eigenvalue weighted by atomic mass is 9.61. The van der Waals surface area contributed by atoms with Crippen molar-refractivity contribution >= 4 is 11.9 Å². The lowest BCUT2D eigenvalue weighted by molar-refractivity contribution is -0.149. The Labute approximate surface area is 170 Å². The van der Waals surface area contributed by atoms with Crippen LogP contribution in [0.4, 0.5) is 4.79 Å². The molecule has 2 aromatic rings. The molecule has 2 fully saturated rings. The van der Waals surface area contributed by atoms with E-state index < -0.39 is 5.54 Å². The molecule has 0 radical (unpaired) electrons. The second kappa shape index (κ2) is 7.48. The van der Waals surface area contributed by atoms with Gasteiger partial charge in [-0.1, -0.05) is 36.4 Å². The molecule has 2 atom stereocenters. The molecular weight excluding hydrogens is 368 g/mol. The summed E-state index contributed by atoms with van der Waals surface area (Å²) >= 11 is 0. The van der Waals surface area contributed by atoms with Crippen LogP contribution in [0.1, 0.15) is 35.8 Å². The van der Waals surface area contributed by atoms with Gasteiger partial charge in [0, 0.05) is 31.2 Å². The summed E-state index contributed by atoms with van der Waals surface area (Å²) in [5, 5.41) is 13.0. The number of nitrogens with one attached hydrogen (secondary N) is 1. The minimum atomic E-state index is -0.516. The minimum Gasteiger partial charge on any atom is -0.394 e. The fourth-order valence-corrected chi connectivity index (χ4v) is 4.71. The van der Waals surface area contributed by atoms with Gasteiger partial charge in [-0.05, 0) is 31.5 Å². The van der Waals surface area contributed by atoms with E-state index >= 15 is 0 Å². The van der Waals surface area contributed by atoms with Crippen molar-refractivity contribution in [3.05, 3.63) is 66.0 Å². The number of likely N-dealkylation sites (tertiary alicyclic amines) is 2. The first kappa shape index (κ1) is 19.4. The number of urea groups is 1. The Morgan fingerprint density at radius 2 is 1.86 bits per heavy atom. The molecule has 0 bridgehead atoms. The molecule has 29 heavy (non-hydrogen) atoms. The summed E-state index contributed by atoms with van der Waals surface area (Å²) < 4.78 is 0. The normalized spacial score (nSPS) is 22.2. The van der Waals surface area contributed by atoms with Crippen LogP contribution >= 0.6 is 0 Å². The largest absolute Gasteiger partial charge is 0.394 e. The predicted molar refractivity (Wildman–Crippen MR) is 108 cm³/mol. The number of amides is 3. The zero-order chi connectivity index (χ0) is 20.6. The number of pyridine rings is 1. The van der Waals surface area contributed by atoms with Gasteiger partial charge < -0.3 is 20.2 Å². The lowest BCUT2D eigenvalue weighted by Crippen LogP contribution is -2.86. The predicted octanol–water partition coefficient (Wildman–Crippen LogP) is 1.85. The van der Waals surface area contributed by atoms with Gasteiger partial charge in [-0.15, -0.1) is 0 Å². The molecule has 1 aromatic carbocycles. The maximum atomic E-state index is 12.9. The van der Waals surface area contributed by atoms with Crippen LogP contribution in [-0.2, 0) is 0 Å². The number of carbonyl (C=O) groups excluding carboxylic acids is 2. The average molecular weight is 394 g/mol.